The standard InChI is InChI=1S/C20H23N3O/c1-15(2)22(13-17-9-5-4-6-10-17)20(24)14-23-19-12-8-7-11-18(19)16(3)21-23/h4-12,15H,13-14H2,1-3H3. The first-order valence-electron chi connectivity index (χ1n) is 8.32. The molecule has 2 aromatic carbocycles. The van der Waals surface area contributed by atoms with Crippen molar-refractivity contribution in [2.24, 2.45) is 0 Å². The van der Waals surface area contributed by atoms with Crippen LogP contribution in [0, 0.1) is 6.92 Å². The summed E-state index contributed by atoms with van der Waals surface area (Å²) in [5.74, 6) is 0.0853. The van der Waals surface area contributed by atoms with Gasteiger partial charge in [0.15, 0.2) is 0 Å². The maximum Gasteiger partial charge on any atom is 0.244 e. The van der Waals surface area contributed by atoms with E-state index in [0.717, 1.165) is 22.2 Å². The minimum absolute atomic E-state index is 0.0853. The van der Waals surface area contributed by atoms with Crippen LogP contribution in [0.4, 0.5) is 0 Å². The molecule has 0 spiro atoms. The molecule has 4 nitrogen and oxygen atoms in total. The Morgan fingerprint density at radius 3 is 2.46 bits per heavy atom. The van der Waals surface area contributed by atoms with Crippen LogP contribution in [0.3, 0.4) is 0 Å². The molecule has 0 saturated heterocycles. The lowest BCUT2D eigenvalue weighted by molar-refractivity contribution is -0.134. The van der Waals surface area contributed by atoms with Gasteiger partial charge in [0, 0.05) is 18.0 Å². The average molecular weight is 321 g/mol. The molecule has 0 unspecified atom stereocenters. The van der Waals surface area contributed by atoms with Gasteiger partial charge in [0.1, 0.15) is 6.54 Å². The van der Waals surface area contributed by atoms with Crippen LogP contribution in [0.15, 0.2) is 54.6 Å². The van der Waals surface area contributed by atoms with Crippen LogP contribution in [0.1, 0.15) is 25.1 Å². The van der Waals surface area contributed by atoms with Crippen LogP contribution in [0.25, 0.3) is 10.9 Å². The Morgan fingerprint density at radius 2 is 1.75 bits per heavy atom. The zero-order valence-electron chi connectivity index (χ0n) is 14.4. The van der Waals surface area contributed by atoms with Crippen LogP contribution in [-0.2, 0) is 17.9 Å². The third-order valence-corrected chi connectivity index (χ3v) is 4.27. The van der Waals surface area contributed by atoms with Gasteiger partial charge in [-0.3, -0.25) is 9.48 Å². The molecule has 0 saturated carbocycles. The van der Waals surface area contributed by atoms with E-state index in [4.69, 9.17) is 0 Å². The molecular formula is C20H23N3O. The van der Waals surface area contributed by atoms with E-state index in [-0.39, 0.29) is 18.5 Å². The Labute approximate surface area is 142 Å². The lowest BCUT2D eigenvalue weighted by atomic mass is 10.2. The molecule has 0 fully saturated rings. The number of rotatable bonds is 5. The number of amides is 1. The summed E-state index contributed by atoms with van der Waals surface area (Å²) in [4.78, 5) is 14.8. The molecule has 0 N–H and O–H groups in total. The molecule has 0 bridgehead atoms. The van der Waals surface area contributed by atoms with E-state index in [1.54, 1.807) is 0 Å². The molecule has 0 aliphatic carbocycles. The Hall–Kier alpha value is -2.62. The molecule has 0 radical (unpaired) electrons. The maximum atomic E-state index is 12.9. The first-order valence-corrected chi connectivity index (χ1v) is 8.32. The van der Waals surface area contributed by atoms with Gasteiger partial charge in [-0.25, -0.2) is 0 Å². The zero-order chi connectivity index (χ0) is 17.1. The van der Waals surface area contributed by atoms with E-state index >= 15 is 0 Å². The highest BCUT2D eigenvalue weighted by Gasteiger charge is 2.19. The largest absolute Gasteiger partial charge is 0.334 e. The predicted molar refractivity (Wildman–Crippen MR) is 96.6 cm³/mol. The fourth-order valence-corrected chi connectivity index (χ4v) is 2.97. The van der Waals surface area contributed by atoms with E-state index in [1.165, 1.54) is 0 Å². The number of hydrogen-bond donors (Lipinski definition) is 0. The summed E-state index contributed by atoms with van der Waals surface area (Å²) in [5, 5.41) is 5.65. The lowest BCUT2D eigenvalue weighted by Crippen LogP contribution is -2.38. The second-order valence-electron chi connectivity index (χ2n) is 6.36. The maximum absolute atomic E-state index is 12.9. The normalized spacial score (nSPS) is 11.2. The molecule has 1 heterocycles. The zero-order valence-corrected chi connectivity index (χ0v) is 14.4. The minimum Gasteiger partial charge on any atom is -0.334 e. The van der Waals surface area contributed by atoms with Crippen molar-refractivity contribution in [3.05, 3.63) is 65.9 Å². The van der Waals surface area contributed by atoms with Crippen LogP contribution in [0.2, 0.25) is 0 Å². The summed E-state index contributed by atoms with van der Waals surface area (Å²) >= 11 is 0. The molecule has 0 aliphatic heterocycles. The minimum atomic E-state index is 0.0853. The van der Waals surface area contributed by atoms with Crippen molar-refractivity contribution in [1.29, 1.82) is 0 Å². The third-order valence-electron chi connectivity index (χ3n) is 4.27. The van der Waals surface area contributed by atoms with Crippen molar-refractivity contribution in [1.82, 2.24) is 14.7 Å². The van der Waals surface area contributed by atoms with Crippen LogP contribution in [-0.4, -0.2) is 26.6 Å². The monoisotopic (exact) mass is 321 g/mol. The Balaban J connectivity index is 1.83. The van der Waals surface area contributed by atoms with E-state index in [0.29, 0.717) is 6.54 Å². The highest BCUT2D eigenvalue weighted by Crippen LogP contribution is 2.18. The van der Waals surface area contributed by atoms with E-state index in [9.17, 15) is 4.79 Å². The molecule has 1 amide bonds. The highest BCUT2D eigenvalue weighted by molar-refractivity contribution is 5.84. The first kappa shape index (κ1) is 16.2. The fraction of sp³-hybridized carbons (Fsp3) is 0.300. The van der Waals surface area contributed by atoms with Crippen LogP contribution < -0.4 is 0 Å². The Bertz CT molecular complexity index is 836. The molecular weight excluding hydrogens is 298 g/mol. The average Bonchev–Trinajstić information content (AvgIpc) is 2.89. The van der Waals surface area contributed by atoms with Gasteiger partial charge in [-0.1, -0.05) is 48.5 Å². The Kier molecular flexibility index (Phi) is 4.65. The number of fused-ring (bicyclic) bond motifs is 1. The molecule has 0 aliphatic rings. The van der Waals surface area contributed by atoms with Crippen molar-refractivity contribution < 1.29 is 4.79 Å². The van der Waals surface area contributed by atoms with E-state index in [2.05, 4.69) is 17.2 Å². The summed E-state index contributed by atoms with van der Waals surface area (Å²) in [5.41, 5.74) is 3.10. The van der Waals surface area contributed by atoms with Crippen molar-refractivity contribution >= 4 is 16.8 Å². The van der Waals surface area contributed by atoms with Crippen LogP contribution in [0.5, 0.6) is 0 Å². The Morgan fingerprint density at radius 1 is 1.08 bits per heavy atom. The number of hydrogen-bond acceptors (Lipinski definition) is 2. The summed E-state index contributed by atoms with van der Waals surface area (Å²) < 4.78 is 1.81. The SMILES string of the molecule is Cc1nn(CC(=O)N(Cc2ccccc2)C(C)C)c2ccccc12. The topological polar surface area (TPSA) is 38.1 Å². The second-order valence-corrected chi connectivity index (χ2v) is 6.36. The van der Waals surface area contributed by atoms with Crippen molar-refractivity contribution in [2.45, 2.75) is 39.9 Å². The molecule has 0 atom stereocenters. The number of para-hydroxylation sites is 1. The van der Waals surface area contributed by atoms with Gasteiger partial charge in [0.05, 0.1) is 11.2 Å². The van der Waals surface area contributed by atoms with Gasteiger partial charge in [0.2, 0.25) is 5.91 Å². The van der Waals surface area contributed by atoms with E-state index < -0.39 is 0 Å². The van der Waals surface area contributed by atoms with Gasteiger partial charge >= 0.3 is 0 Å². The molecule has 1 aromatic heterocycles. The van der Waals surface area contributed by atoms with Gasteiger partial charge < -0.3 is 4.90 Å². The number of nitrogens with zero attached hydrogens (tertiary/aromatic N) is 3. The quantitative estimate of drug-likeness (QED) is 0.717. The molecule has 4 heteroatoms. The lowest BCUT2D eigenvalue weighted by Gasteiger charge is -2.27. The van der Waals surface area contributed by atoms with Crippen LogP contribution >= 0.6 is 0 Å². The van der Waals surface area contributed by atoms with Gasteiger partial charge in [-0.15, -0.1) is 0 Å². The summed E-state index contributed by atoms with van der Waals surface area (Å²) in [7, 11) is 0. The second kappa shape index (κ2) is 6.87. The fourth-order valence-electron chi connectivity index (χ4n) is 2.97. The third kappa shape index (κ3) is 3.32. The van der Waals surface area contributed by atoms with Crippen molar-refractivity contribution in [3.8, 4) is 0 Å². The summed E-state index contributed by atoms with van der Waals surface area (Å²) in [6, 6.07) is 18.3. The number of aryl methyl sites for hydroxylation is 1. The summed E-state index contributed by atoms with van der Waals surface area (Å²) in [6.45, 7) is 6.96. The van der Waals surface area contributed by atoms with E-state index in [1.807, 2.05) is 72.8 Å². The molecule has 3 aromatic rings. The number of carbonyl (C=O) groups is 1. The predicted octanol–water partition coefficient (Wildman–Crippen LogP) is 3.78. The molecule has 124 valence electrons. The number of carbonyl (C=O) groups excluding carboxylic acids is 1. The smallest absolute Gasteiger partial charge is 0.244 e. The van der Waals surface area contributed by atoms with Crippen molar-refractivity contribution in [3.63, 3.8) is 0 Å². The highest BCUT2D eigenvalue weighted by atomic mass is 16.2. The molecule has 24 heavy (non-hydrogen) atoms. The number of aromatic nitrogens is 2. The van der Waals surface area contributed by atoms with Gasteiger partial charge in [-0.05, 0) is 32.4 Å². The molecule has 3 rings (SSSR count). The van der Waals surface area contributed by atoms with Gasteiger partial charge in [-0.2, -0.15) is 5.10 Å². The van der Waals surface area contributed by atoms with Gasteiger partial charge in [0.25, 0.3) is 0 Å². The summed E-state index contributed by atoms with van der Waals surface area (Å²) in [6.07, 6.45) is 0. The van der Waals surface area contributed by atoms with Crippen molar-refractivity contribution in [2.75, 3.05) is 0 Å². The first-order chi connectivity index (χ1) is 11.6. The number of benzene rings is 2.